The number of hydrogen-bond donors (Lipinski definition) is 0. The molecular weight excluding hydrogens is 512 g/mol. The number of unbranched alkanes of at least 4 members (excludes halogenated alkanes) is 11. The van der Waals surface area contributed by atoms with Crippen molar-refractivity contribution in [2.45, 2.75) is 168 Å². The molecule has 0 aromatic heterocycles. The van der Waals surface area contributed by atoms with Crippen LogP contribution >= 0.6 is 0 Å². The fraction of sp³-hybridized carbons (Fsp3) is 0.972. The summed E-state index contributed by atoms with van der Waals surface area (Å²) in [4.78, 5) is 11.9. The molecular formula is C36H68O5. The zero-order valence-corrected chi connectivity index (χ0v) is 27.4. The average Bonchev–Trinajstić information content (AvgIpc) is 3.00. The van der Waals surface area contributed by atoms with Crippen LogP contribution in [0, 0.1) is 17.8 Å². The maximum atomic E-state index is 11.9. The fourth-order valence-corrected chi connectivity index (χ4v) is 6.98. The Hall–Kier alpha value is -0.650. The number of esters is 1. The van der Waals surface area contributed by atoms with Gasteiger partial charge in [0.2, 0.25) is 0 Å². The molecule has 2 rings (SSSR count). The zero-order chi connectivity index (χ0) is 29.2. The Balaban J connectivity index is 1.28. The Bertz CT molecular complexity index is 581. The van der Waals surface area contributed by atoms with Crippen LogP contribution in [-0.4, -0.2) is 51.7 Å². The summed E-state index contributed by atoms with van der Waals surface area (Å²) >= 11 is 0. The van der Waals surface area contributed by atoms with E-state index in [0.717, 1.165) is 30.6 Å². The topological polar surface area (TPSA) is 54.0 Å². The van der Waals surface area contributed by atoms with Gasteiger partial charge in [-0.05, 0) is 62.7 Å². The van der Waals surface area contributed by atoms with E-state index in [1.54, 1.807) is 0 Å². The van der Waals surface area contributed by atoms with E-state index < -0.39 is 0 Å². The summed E-state index contributed by atoms with van der Waals surface area (Å²) in [7, 11) is 0. The van der Waals surface area contributed by atoms with Crippen molar-refractivity contribution < 1.29 is 23.7 Å². The van der Waals surface area contributed by atoms with Crippen LogP contribution in [0.2, 0.25) is 0 Å². The van der Waals surface area contributed by atoms with Crippen molar-refractivity contribution in [3.63, 3.8) is 0 Å². The van der Waals surface area contributed by atoms with Gasteiger partial charge in [-0.15, -0.1) is 0 Å². The van der Waals surface area contributed by atoms with E-state index in [-0.39, 0.29) is 5.97 Å². The van der Waals surface area contributed by atoms with E-state index in [1.165, 1.54) is 128 Å². The minimum Gasteiger partial charge on any atom is -0.463 e. The molecule has 2 aliphatic carbocycles. The summed E-state index contributed by atoms with van der Waals surface area (Å²) in [6, 6.07) is 0. The number of ether oxygens (including phenoxy) is 4. The lowest BCUT2D eigenvalue weighted by Gasteiger charge is -2.37. The van der Waals surface area contributed by atoms with Gasteiger partial charge in [-0.3, -0.25) is 4.79 Å². The number of carbonyl (C=O) groups is 1. The molecule has 0 heterocycles. The molecule has 0 aliphatic heterocycles. The van der Waals surface area contributed by atoms with Crippen LogP contribution in [0.4, 0.5) is 0 Å². The quantitative estimate of drug-likeness (QED) is 0.0753. The molecule has 0 radical (unpaired) electrons. The van der Waals surface area contributed by atoms with Gasteiger partial charge in [0.15, 0.2) is 0 Å². The first kappa shape index (κ1) is 36.5. The summed E-state index contributed by atoms with van der Waals surface area (Å²) in [6.45, 7) is 7.74. The molecule has 0 aromatic carbocycles. The minimum absolute atomic E-state index is 0.0956. The Labute approximate surface area is 254 Å². The van der Waals surface area contributed by atoms with Gasteiger partial charge in [-0.25, -0.2) is 0 Å². The highest BCUT2D eigenvalue weighted by Crippen LogP contribution is 2.41. The summed E-state index contributed by atoms with van der Waals surface area (Å²) in [5, 5.41) is 0. The molecule has 0 unspecified atom stereocenters. The maximum absolute atomic E-state index is 11.9. The van der Waals surface area contributed by atoms with Crippen LogP contribution in [0.5, 0.6) is 0 Å². The fourth-order valence-electron chi connectivity index (χ4n) is 6.98. The third-order valence-corrected chi connectivity index (χ3v) is 9.67. The van der Waals surface area contributed by atoms with E-state index >= 15 is 0 Å². The normalized spacial score (nSPS) is 23.1. The number of hydrogen-bond acceptors (Lipinski definition) is 5. The molecule has 0 atom stereocenters. The second-order valence-corrected chi connectivity index (χ2v) is 13.1. The van der Waals surface area contributed by atoms with Gasteiger partial charge in [0.25, 0.3) is 0 Å². The van der Waals surface area contributed by atoms with Crippen molar-refractivity contribution in [3.05, 3.63) is 0 Å². The third-order valence-electron chi connectivity index (χ3n) is 9.67. The monoisotopic (exact) mass is 581 g/mol. The molecule has 0 aromatic rings. The van der Waals surface area contributed by atoms with Gasteiger partial charge in [0.05, 0.1) is 39.1 Å². The molecule has 41 heavy (non-hydrogen) atoms. The van der Waals surface area contributed by atoms with Crippen molar-refractivity contribution in [2.75, 3.05) is 39.6 Å². The number of carbonyl (C=O) groups excluding carboxylic acids is 1. The molecule has 0 N–H and O–H groups in total. The van der Waals surface area contributed by atoms with Gasteiger partial charge >= 0.3 is 5.97 Å². The van der Waals surface area contributed by atoms with Crippen molar-refractivity contribution in [2.24, 2.45) is 17.8 Å². The molecule has 0 spiro atoms. The molecule has 0 saturated heterocycles. The Morgan fingerprint density at radius 3 is 1.61 bits per heavy atom. The molecule has 242 valence electrons. The van der Waals surface area contributed by atoms with Crippen LogP contribution < -0.4 is 0 Å². The molecule has 5 nitrogen and oxygen atoms in total. The second-order valence-electron chi connectivity index (χ2n) is 13.1. The average molecular weight is 581 g/mol. The molecule has 0 bridgehead atoms. The minimum atomic E-state index is -0.0956. The Kier molecular flexibility index (Phi) is 23.0. The highest BCUT2D eigenvalue weighted by atomic mass is 16.6. The van der Waals surface area contributed by atoms with E-state index in [4.69, 9.17) is 18.9 Å². The Morgan fingerprint density at radius 1 is 0.537 bits per heavy atom. The van der Waals surface area contributed by atoms with Crippen molar-refractivity contribution in [1.29, 1.82) is 0 Å². The van der Waals surface area contributed by atoms with Crippen molar-refractivity contribution in [1.82, 2.24) is 0 Å². The van der Waals surface area contributed by atoms with E-state index in [2.05, 4.69) is 13.8 Å². The predicted molar refractivity (Wildman–Crippen MR) is 170 cm³/mol. The van der Waals surface area contributed by atoms with Crippen LogP contribution in [0.15, 0.2) is 0 Å². The molecule has 5 heteroatoms. The largest absolute Gasteiger partial charge is 0.463 e. The third kappa shape index (κ3) is 19.3. The summed E-state index contributed by atoms with van der Waals surface area (Å²) < 4.78 is 22.6. The predicted octanol–water partition coefficient (Wildman–Crippen LogP) is 9.84. The summed E-state index contributed by atoms with van der Waals surface area (Å²) in [5.41, 5.74) is 0. The highest BCUT2D eigenvalue weighted by Gasteiger charge is 2.30. The van der Waals surface area contributed by atoms with E-state index in [9.17, 15) is 4.79 Å². The van der Waals surface area contributed by atoms with Crippen LogP contribution in [0.25, 0.3) is 0 Å². The zero-order valence-electron chi connectivity index (χ0n) is 27.4. The van der Waals surface area contributed by atoms with Gasteiger partial charge in [-0.2, -0.15) is 0 Å². The summed E-state index contributed by atoms with van der Waals surface area (Å²) in [5.74, 6) is 2.85. The first-order valence-electron chi connectivity index (χ1n) is 18.2. The van der Waals surface area contributed by atoms with Crippen LogP contribution in [-0.2, 0) is 23.7 Å². The standard InChI is InChI=1S/C36H68O5/c1-3-5-7-8-9-10-11-12-13-14-15-17-36(37)41-31-29-39-27-26-38-28-30-40-35-24-22-34(23-25-35)33-20-18-32(19-21-33)16-6-4-2/h32-35H,3-31H2,1-2H3. The molecule has 2 aliphatic rings. The lowest BCUT2D eigenvalue weighted by Crippen LogP contribution is -2.29. The van der Waals surface area contributed by atoms with E-state index in [1.807, 2.05) is 0 Å². The van der Waals surface area contributed by atoms with Gasteiger partial charge < -0.3 is 18.9 Å². The van der Waals surface area contributed by atoms with Crippen molar-refractivity contribution >= 4 is 5.97 Å². The first-order chi connectivity index (χ1) is 20.2. The molecule has 0 amide bonds. The SMILES string of the molecule is CCCCCCCCCCCCCC(=O)OCCOCCOCCOC1CCC(C2CCC(CCCC)CC2)CC1. The smallest absolute Gasteiger partial charge is 0.305 e. The molecule has 2 fully saturated rings. The number of rotatable bonds is 26. The highest BCUT2D eigenvalue weighted by molar-refractivity contribution is 5.69. The first-order valence-corrected chi connectivity index (χ1v) is 18.2. The second kappa shape index (κ2) is 25.8. The molecule has 2 saturated carbocycles. The summed E-state index contributed by atoms with van der Waals surface area (Å²) in [6.07, 6.45) is 30.4. The van der Waals surface area contributed by atoms with Gasteiger partial charge in [0.1, 0.15) is 6.61 Å². The Morgan fingerprint density at radius 2 is 1.02 bits per heavy atom. The van der Waals surface area contributed by atoms with Gasteiger partial charge in [0, 0.05) is 6.42 Å². The van der Waals surface area contributed by atoms with E-state index in [0.29, 0.717) is 52.2 Å². The van der Waals surface area contributed by atoms with Crippen molar-refractivity contribution in [3.8, 4) is 0 Å². The lowest BCUT2D eigenvalue weighted by atomic mass is 9.70. The lowest BCUT2D eigenvalue weighted by molar-refractivity contribution is -0.145. The van der Waals surface area contributed by atoms with Crippen LogP contribution in [0.1, 0.15) is 162 Å². The van der Waals surface area contributed by atoms with Gasteiger partial charge in [-0.1, -0.05) is 110 Å². The van der Waals surface area contributed by atoms with Crippen LogP contribution in [0.3, 0.4) is 0 Å². The maximum Gasteiger partial charge on any atom is 0.305 e.